The largest absolute Gasteiger partial charge is 0.508 e. The maximum Gasteiger partial charge on any atom is 0.115 e. The molecule has 29 heavy (non-hydrogen) atoms. The van der Waals surface area contributed by atoms with Gasteiger partial charge in [-0.2, -0.15) is 0 Å². The number of phenolic OH excluding ortho intramolecular Hbond substituents is 2. The van der Waals surface area contributed by atoms with Gasteiger partial charge in [0.25, 0.3) is 0 Å². The normalized spacial score (nSPS) is 27.1. The molecule has 156 valence electrons. The highest BCUT2D eigenvalue weighted by atomic mass is 16.3. The second-order valence-corrected chi connectivity index (χ2v) is 9.89. The van der Waals surface area contributed by atoms with Crippen molar-refractivity contribution >= 4 is 0 Å². The number of hydrogen-bond donors (Lipinski definition) is 2. The van der Waals surface area contributed by atoms with Crippen LogP contribution in [0.2, 0.25) is 0 Å². The van der Waals surface area contributed by atoms with Crippen LogP contribution in [0.3, 0.4) is 0 Å². The summed E-state index contributed by atoms with van der Waals surface area (Å²) in [7, 11) is 0. The van der Waals surface area contributed by atoms with Crippen LogP contribution >= 0.6 is 0 Å². The predicted molar refractivity (Wildman–Crippen MR) is 119 cm³/mol. The van der Waals surface area contributed by atoms with E-state index in [2.05, 4.69) is 38.1 Å². The summed E-state index contributed by atoms with van der Waals surface area (Å²) in [5.74, 6) is 3.85. The van der Waals surface area contributed by atoms with Crippen molar-refractivity contribution in [1.82, 2.24) is 0 Å². The summed E-state index contributed by atoms with van der Waals surface area (Å²) in [5, 5.41) is 19.7. The van der Waals surface area contributed by atoms with Crippen molar-refractivity contribution in [1.29, 1.82) is 0 Å². The van der Waals surface area contributed by atoms with Crippen LogP contribution in [0.15, 0.2) is 48.5 Å². The minimum absolute atomic E-state index is 0.0245. The van der Waals surface area contributed by atoms with E-state index >= 15 is 0 Å². The van der Waals surface area contributed by atoms with Gasteiger partial charge in [0, 0.05) is 5.41 Å². The molecule has 0 heterocycles. The van der Waals surface area contributed by atoms with E-state index in [0.717, 1.165) is 30.1 Å². The third kappa shape index (κ3) is 4.04. The molecule has 4 rings (SSSR count). The lowest BCUT2D eigenvalue weighted by Gasteiger charge is -2.48. The first-order valence-electron chi connectivity index (χ1n) is 11.6. The van der Waals surface area contributed by atoms with Gasteiger partial charge in [-0.15, -0.1) is 0 Å². The van der Waals surface area contributed by atoms with Crippen molar-refractivity contribution in [2.24, 2.45) is 23.7 Å². The number of rotatable bonds is 4. The summed E-state index contributed by atoms with van der Waals surface area (Å²) in [6.45, 7) is 4.83. The summed E-state index contributed by atoms with van der Waals surface area (Å²) in [4.78, 5) is 0. The van der Waals surface area contributed by atoms with Crippen molar-refractivity contribution < 1.29 is 10.2 Å². The molecule has 0 saturated heterocycles. The fourth-order valence-electron chi connectivity index (χ4n) is 6.54. The topological polar surface area (TPSA) is 40.5 Å². The molecule has 0 radical (unpaired) electrons. The Kier molecular flexibility index (Phi) is 5.90. The molecule has 2 aliphatic carbocycles. The molecule has 2 saturated carbocycles. The highest BCUT2D eigenvalue weighted by Crippen LogP contribution is 2.52. The summed E-state index contributed by atoms with van der Waals surface area (Å²) < 4.78 is 0. The van der Waals surface area contributed by atoms with Crippen molar-refractivity contribution in [2.45, 2.75) is 70.6 Å². The smallest absolute Gasteiger partial charge is 0.115 e. The third-order valence-electron chi connectivity index (χ3n) is 7.97. The first-order chi connectivity index (χ1) is 14.0. The zero-order valence-electron chi connectivity index (χ0n) is 18.0. The van der Waals surface area contributed by atoms with Gasteiger partial charge in [0.05, 0.1) is 0 Å². The van der Waals surface area contributed by atoms with Gasteiger partial charge in [0.15, 0.2) is 0 Å². The van der Waals surface area contributed by atoms with Crippen molar-refractivity contribution in [2.75, 3.05) is 0 Å². The molecule has 2 aliphatic rings. The van der Waals surface area contributed by atoms with Crippen molar-refractivity contribution in [3.8, 4) is 11.5 Å². The fourth-order valence-corrected chi connectivity index (χ4v) is 6.54. The summed E-state index contributed by atoms with van der Waals surface area (Å²) >= 11 is 0. The SMILES string of the molecule is CC(C)C1CCCCC1C1CCCC(c2ccc(O)cc2)(c2ccc(O)cc2)C1. The Morgan fingerprint density at radius 1 is 0.759 bits per heavy atom. The third-order valence-corrected chi connectivity index (χ3v) is 7.97. The first kappa shape index (κ1) is 20.3. The van der Waals surface area contributed by atoms with E-state index in [0.29, 0.717) is 11.5 Å². The standard InChI is InChI=1S/C27H36O2/c1-19(2)25-7-3-4-8-26(25)20-6-5-17-27(18-20,21-9-13-23(28)14-10-21)22-11-15-24(29)16-12-22/h9-16,19-20,25-26,28-29H,3-8,17-18H2,1-2H3. The van der Waals surface area contributed by atoms with Gasteiger partial charge in [-0.25, -0.2) is 0 Å². The molecular formula is C27H36O2. The van der Waals surface area contributed by atoms with Gasteiger partial charge in [-0.05, 0) is 84.7 Å². The molecule has 0 spiro atoms. The van der Waals surface area contributed by atoms with Gasteiger partial charge in [0.2, 0.25) is 0 Å². The van der Waals surface area contributed by atoms with Gasteiger partial charge in [-0.3, -0.25) is 0 Å². The van der Waals surface area contributed by atoms with Gasteiger partial charge in [0.1, 0.15) is 11.5 Å². The lowest BCUT2D eigenvalue weighted by Crippen LogP contribution is -2.40. The zero-order chi connectivity index (χ0) is 20.4. The van der Waals surface area contributed by atoms with E-state index in [1.807, 2.05) is 24.3 Å². The van der Waals surface area contributed by atoms with Gasteiger partial charge in [-0.1, -0.05) is 63.8 Å². The average molecular weight is 393 g/mol. The van der Waals surface area contributed by atoms with E-state index in [1.165, 1.54) is 56.1 Å². The van der Waals surface area contributed by atoms with E-state index < -0.39 is 0 Å². The maximum atomic E-state index is 9.86. The Labute approximate surface area is 176 Å². The lowest BCUT2D eigenvalue weighted by atomic mass is 9.56. The van der Waals surface area contributed by atoms with Crippen LogP contribution in [-0.2, 0) is 5.41 Å². The van der Waals surface area contributed by atoms with E-state index in [1.54, 1.807) is 0 Å². The van der Waals surface area contributed by atoms with Crippen LogP contribution < -0.4 is 0 Å². The molecule has 0 amide bonds. The number of benzene rings is 2. The van der Waals surface area contributed by atoms with E-state index in [4.69, 9.17) is 0 Å². The Morgan fingerprint density at radius 2 is 1.31 bits per heavy atom. The van der Waals surface area contributed by atoms with Crippen molar-refractivity contribution in [3.63, 3.8) is 0 Å². The lowest BCUT2D eigenvalue weighted by molar-refractivity contribution is 0.0783. The fraction of sp³-hybridized carbons (Fsp3) is 0.556. The minimum Gasteiger partial charge on any atom is -0.508 e. The van der Waals surface area contributed by atoms with E-state index in [9.17, 15) is 10.2 Å². The van der Waals surface area contributed by atoms with Crippen LogP contribution in [-0.4, -0.2) is 10.2 Å². The first-order valence-corrected chi connectivity index (χ1v) is 11.6. The second-order valence-electron chi connectivity index (χ2n) is 9.89. The molecule has 2 nitrogen and oxygen atoms in total. The monoisotopic (exact) mass is 392 g/mol. The Balaban J connectivity index is 1.72. The molecule has 0 aliphatic heterocycles. The molecule has 3 atom stereocenters. The number of hydrogen-bond acceptors (Lipinski definition) is 2. The molecule has 0 aromatic heterocycles. The molecule has 2 aromatic carbocycles. The van der Waals surface area contributed by atoms with Crippen LogP contribution in [0.4, 0.5) is 0 Å². The highest BCUT2D eigenvalue weighted by molar-refractivity contribution is 5.43. The Morgan fingerprint density at radius 3 is 1.86 bits per heavy atom. The predicted octanol–water partition coefficient (Wildman–Crippen LogP) is 7.04. The summed E-state index contributed by atoms with van der Waals surface area (Å²) in [5.41, 5.74) is 2.59. The second kappa shape index (κ2) is 8.42. The average Bonchev–Trinajstić information content (AvgIpc) is 2.74. The molecule has 2 heteroatoms. The molecule has 3 unspecified atom stereocenters. The van der Waals surface area contributed by atoms with Crippen LogP contribution in [0.5, 0.6) is 11.5 Å². The molecule has 0 bridgehead atoms. The highest BCUT2D eigenvalue weighted by Gasteiger charge is 2.44. The summed E-state index contributed by atoms with van der Waals surface area (Å²) in [6, 6.07) is 15.8. The molecular weight excluding hydrogens is 356 g/mol. The molecule has 2 N–H and O–H groups in total. The summed E-state index contributed by atoms with van der Waals surface area (Å²) in [6.07, 6.45) is 10.5. The Hall–Kier alpha value is -1.96. The van der Waals surface area contributed by atoms with Crippen LogP contribution in [0.25, 0.3) is 0 Å². The quantitative estimate of drug-likeness (QED) is 0.586. The Bertz CT molecular complexity index is 745. The molecule has 2 aromatic rings. The van der Waals surface area contributed by atoms with Crippen LogP contribution in [0.1, 0.15) is 76.3 Å². The van der Waals surface area contributed by atoms with Gasteiger partial charge < -0.3 is 10.2 Å². The minimum atomic E-state index is -0.0245. The van der Waals surface area contributed by atoms with Crippen molar-refractivity contribution in [3.05, 3.63) is 59.7 Å². The van der Waals surface area contributed by atoms with Gasteiger partial charge >= 0.3 is 0 Å². The van der Waals surface area contributed by atoms with E-state index in [-0.39, 0.29) is 5.41 Å². The number of aromatic hydroxyl groups is 2. The maximum absolute atomic E-state index is 9.86. The number of phenols is 2. The zero-order valence-corrected chi connectivity index (χ0v) is 18.0. The van der Waals surface area contributed by atoms with Crippen LogP contribution in [0, 0.1) is 23.7 Å². The molecule has 2 fully saturated rings.